The fraction of sp³-hybridized carbons (Fsp3) is 0.571. The zero-order chi connectivity index (χ0) is 15.4. The molecule has 0 saturated heterocycles. The highest BCUT2D eigenvalue weighted by Crippen LogP contribution is 2.20. The Morgan fingerprint density at radius 1 is 1.25 bits per heavy atom. The van der Waals surface area contributed by atoms with Crippen LogP contribution < -0.4 is 4.74 Å². The number of benzene rings is 1. The third kappa shape index (κ3) is 4.77. The summed E-state index contributed by atoms with van der Waals surface area (Å²) in [5.41, 5.74) is -1.08. The summed E-state index contributed by atoms with van der Waals surface area (Å²) in [6.45, 7) is 5.78. The predicted molar refractivity (Wildman–Crippen MR) is 78.3 cm³/mol. The predicted octanol–water partition coefficient (Wildman–Crippen LogP) is 1.87. The summed E-state index contributed by atoms with van der Waals surface area (Å²) >= 11 is 0. The van der Waals surface area contributed by atoms with Crippen molar-refractivity contribution >= 4 is 10.0 Å². The molecule has 0 unspecified atom stereocenters. The van der Waals surface area contributed by atoms with Gasteiger partial charge in [0, 0.05) is 13.6 Å². The van der Waals surface area contributed by atoms with E-state index in [0.29, 0.717) is 12.4 Å². The molecule has 0 heterocycles. The van der Waals surface area contributed by atoms with Crippen molar-refractivity contribution < 1.29 is 18.3 Å². The number of rotatable bonds is 7. The average molecular weight is 301 g/mol. The van der Waals surface area contributed by atoms with Crippen molar-refractivity contribution in [2.45, 2.75) is 37.7 Å². The van der Waals surface area contributed by atoms with Crippen LogP contribution in [0, 0.1) is 0 Å². The zero-order valence-electron chi connectivity index (χ0n) is 12.5. The highest BCUT2D eigenvalue weighted by Gasteiger charge is 2.26. The van der Waals surface area contributed by atoms with E-state index >= 15 is 0 Å². The van der Waals surface area contributed by atoms with E-state index in [9.17, 15) is 13.5 Å². The summed E-state index contributed by atoms with van der Waals surface area (Å²) in [5, 5.41) is 9.71. The van der Waals surface area contributed by atoms with Crippen LogP contribution in [0.25, 0.3) is 0 Å². The molecular formula is C14H23NO4S. The number of aliphatic hydroxyl groups is 1. The van der Waals surface area contributed by atoms with Gasteiger partial charge in [-0.25, -0.2) is 8.42 Å². The van der Waals surface area contributed by atoms with Crippen LogP contribution in [0.5, 0.6) is 5.75 Å². The molecule has 0 atom stereocenters. The first-order valence-corrected chi connectivity index (χ1v) is 8.02. The van der Waals surface area contributed by atoms with Crippen LogP contribution in [0.3, 0.4) is 0 Å². The maximum absolute atomic E-state index is 12.3. The van der Waals surface area contributed by atoms with Crippen molar-refractivity contribution in [1.29, 1.82) is 0 Å². The van der Waals surface area contributed by atoms with E-state index in [1.165, 1.54) is 19.2 Å². The zero-order valence-corrected chi connectivity index (χ0v) is 13.3. The molecule has 0 bridgehead atoms. The first-order valence-electron chi connectivity index (χ1n) is 6.58. The van der Waals surface area contributed by atoms with E-state index in [0.717, 1.165) is 10.7 Å². The minimum absolute atomic E-state index is 0.0312. The van der Waals surface area contributed by atoms with Crippen LogP contribution in [0.2, 0.25) is 0 Å². The summed E-state index contributed by atoms with van der Waals surface area (Å²) in [6, 6.07) is 6.31. The molecule has 0 aliphatic heterocycles. The van der Waals surface area contributed by atoms with Crippen LogP contribution >= 0.6 is 0 Å². The van der Waals surface area contributed by atoms with Crippen LogP contribution in [0.1, 0.15) is 27.2 Å². The molecule has 5 nitrogen and oxygen atoms in total. The van der Waals surface area contributed by atoms with Gasteiger partial charge in [-0.1, -0.05) is 6.92 Å². The SMILES string of the molecule is CCCOc1ccc(S(=O)(=O)N(C)CC(C)(C)O)cc1. The Kier molecular flexibility index (Phi) is 5.56. The van der Waals surface area contributed by atoms with Crippen molar-refractivity contribution in [3.8, 4) is 5.75 Å². The molecule has 0 aliphatic carbocycles. The van der Waals surface area contributed by atoms with E-state index in [1.54, 1.807) is 26.0 Å². The van der Waals surface area contributed by atoms with Gasteiger partial charge in [0.25, 0.3) is 0 Å². The van der Waals surface area contributed by atoms with Gasteiger partial charge in [0.2, 0.25) is 10.0 Å². The monoisotopic (exact) mass is 301 g/mol. The van der Waals surface area contributed by atoms with Crippen molar-refractivity contribution in [3.63, 3.8) is 0 Å². The van der Waals surface area contributed by atoms with E-state index in [-0.39, 0.29) is 11.4 Å². The second-order valence-electron chi connectivity index (χ2n) is 5.39. The fourth-order valence-electron chi connectivity index (χ4n) is 1.74. The van der Waals surface area contributed by atoms with Gasteiger partial charge in [0.1, 0.15) is 5.75 Å². The maximum atomic E-state index is 12.3. The van der Waals surface area contributed by atoms with Crippen molar-refractivity contribution in [2.75, 3.05) is 20.2 Å². The molecular weight excluding hydrogens is 278 g/mol. The van der Waals surface area contributed by atoms with Gasteiger partial charge in [0.15, 0.2) is 0 Å². The minimum Gasteiger partial charge on any atom is -0.494 e. The normalized spacial score (nSPS) is 12.7. The fourth-order valence-corrected chi connectivity index (χ4v) is 3.06. The Bertz CT molecular complexity index is 517. The maximum Gasteiger partial charge on any atom is 0.242 e. The average Bonchev–Trinajstić information content (AvgIpc) is 2.34. The molecule has 0 aliphatic rings. The summed E-state index contributed by atoms with van der Waals surface area (Å²) in [6.07, 6.45) is 0.897. The van der Waals surface area contributed by atoms with E-state index in [1.807, 2.05) is 6.92 Å². The third-order valence-electron chi connectivity index (χ3n) is 2.61. The van der Waals surface area contributed by atoms with Crippen molar-refractivity contribution in [1.82, 2.24) is 4.31 Å². The molecule has 0 radical (unpaired) electrons. The smallest absolute Gasteiger partial charge is 0.242 e. The summed E-state index contributed by atoms with van der Waals surface area (Å²) in [4.78, 5) is 0.188. The number of likely N-dealkylation sites (N-methyl/N-ethyl adjacent to an activating group) is 1. The Morgan fingerprint density at radius 2 is 1.80 bits per heavy atom. The second kappa shape index (κ2) is 6.56. The highest BCUT2D eigenvalue weighted by atomic mass is 32.2. The number of hydrogen-bond acceptors (Lipinski definition) is 4. The topological polar surface area (TPSA) is 66.8 Å². The first-order chi connectivity index (χ1) is 9.16. The lowest BCUT2D eigenvalue weighted by Gasteiger charge is -2.25. The molecule has 1 aromatic carbocycles. The molecule has 1 N–H and O–H groups in total. The lowest BCUT2D eigenvalue weighted by atomic mass is 10.1. The van der Waals surface area contributed by atoms with Crippen LogP contribution in [-0.4, -0.2) is 43.6 Å². The van der Waals surface area contributed by atoms with Crippen molar-refractivity contribution in [2.24, 2.45) is 0 Å². The Hall–Kier alpha value is -1.11. The van der Waals surface area contributed by atoms with Crippen LogP contribution in [-0.2, 0) is 10.0 Å². The third-order valence-corrected chi connectivity index (χ3v) is 4.43. The quantitative estimate of drug-likeness (QED) is 0.835. The minimum atomic E-state index is -3.59. The molecule has 114 valence electrons. The molecule has 0 aromatic heterocycles. The van der Waals surface area contributed by atoms with Crippen LogP contribution in [0.15, 0.2) is 29.2 Å². The van der Waals surface area contributed by atoms with Crippen LogP contribution in [0.4, 0.5) is 0 Å². The van der Waals surface area contributed by atoms with Gasteiger partial charge in [-0.15, -0.1) is 0 Å². The molecule has 20 heavy (non-hydrogen) atoms. The first kappa shape index (κ1) is 16.9. The lowest BCUT2D eigenvalue weighted by molar-refractivity contribution is 0.0640. The van der Waals surface area contributed by atoms with Gasteiger partial charge in [0.05, 0.1) is 17.1 Å². The number of hydrogen-bond donors (Lipinski definition) is 1. The molecule has 0 amide bonds. The number of nitrogens with zero attached hydrogens (tertiary/aromatic N) is 1. The van der Waals surface area contributed by atoms with Gasteiger partial charge >= 0.3 is 0 Å². The number of ether oxygens (including phenoxy) is 1. The van der Waals surface area contributed by atoms with E-state index in [2.05, 4.69) is 0 Å². The molecule has 1 aromatic rings. The summed E-state index contributed by atoms with van der Waals surface area (Å²) in [7, 11) is -2.14. The van der Waals surface area contributed by atoms with E-state index < -0.39 is 15.6 Å². The second-order valence-corrected chi connectivity index (χ2v) is 7.44. The van der Waals surface area contributed by atoms with E-state index in [4.69, 9.17) is 4.74 Å². The lowest BCUT2D eigenvalue weighted by Crippen LogP contribution is -2.39. The molecule has 1 rings (SSSR count). The summed E-state index contributed by atoms with van der Waals surface area (Å²) in [5.74, 6) is 0.649. The molecule has 0 saturated carbocycles. The van der Waals surface area contributed by atoms with Crippen molar-refractivity contribution in [3.05, 3.63) is 24.3 Å². The number of sulfonamides is 1. The highest BCUT2D eigenvalue weighted by molar-refractivity contribution is 7.89. The van der Waals surface area contributed by atoms with Gasteiger partial charge in [-0.05, 0) is 44.5 Å². The van der Waals surface area contributed by atoms with Gasteiger partial charge in [-0.2, -0.15) is 4.31 Å². The molecule has 0 fully saturated rings. The molecule has 6 heteroatoms. The van der Waals surface area contributed by atoms with Gasteiger partial charge in [-0.3, -0.25) is 0 Å². The Balaban J connectivity index is 2.87. The van der Waals surface area contributed by atoms with Gasteiger partial charge < -0.3 is 9.84 Å². The molecule has 0 spiro atoms. The Morgan fingerprint density at radius 3 is 2.25 bits per heavy atom. The standard InChI is InChI=1S/C14H23NO4S/c1-5-10-19-12-6-8-13(9-7-12)20(17,18)15(4)11-14(2,3)16/h6-9,16H,5,10-11H2,1-4H3. The Labute approximate surface area is 121 Å². The summed E-state index contributed by atoms with van der Waals surface area (Å²) < 4.78 is 31.2. The largest absolute Gasteiger partial charge is 0.494 e.